The number of carboxylic acid groups (broad SMARTS) is 1. The van der Waals surface area contributed by atoms with Gasteiger partial charge in [0.05, 0.1) is 20.1 Å². The molecule has 1 N–H and O–H groups in total. The van der Waals surface area contributed by atoms with Gasteiger partial charge < -0.3 is 14.7 Å². The first kappa shape index (κ1) is 13.1. The maximum Gasteiger partial charge on any atom is 0.331 e. The lowest BCUT2D eigenvalue weighted by atomic mass is 10.1. The molecule has 1 aromatic rings. The Labute approximate surface area is 109 Å². The average Bonchev–Trinajstić information content (AvgIpc) is 2.68. The van der Waals surface area contributed by atoms with Gasteiger partial charge in [-0.2, -0.15) is 0 Å². The lowest BCUT2D eigenvalue weighted by molar-refractivity contribution is -0.148. The number of nitrogens with zero attached hydrogens (tertiary/aromatic N) is 1. The number of ketones is 1. The van der Waals surface area contributed by atoms with Crippen molar-refractivity contribution in [3.8, 4) is 5.75 Å². The molecule has 1 atom stereocenters. The normalized spacial score (nSPS) is 16.6. The fourth-order valence-corrected chi connectivity index (χ4v) is 2.11. The van der Waals surface area contributed by atoms with Crippen LogP contribution < -0.4 is 4.74 Å². The van der Waals surface area contributed by atoms with Crippen LogP contribution in [0, 0.1) is 0 Å². The lowest BCUT2D eigenvalue weighted by Gasteiger charge is -2.24. The predicted octanol–water partition coefficient (Wildman–Crippen LogP) is 0.622. The highest BCUT2D eigenvalue weighted by Gasteiger charge is 2.37. The molecule has 19 heavy (non-hydrogen) atoms. The molecule has 0 bridgehead atoms. The minimum atomic E-state index is -1.17. The van der Waals surface area contributed by atoms with Gasteiger partial charge in [0.1, 0.15) is 5.75 Å². The summed E-state index contributed by atoms with van der Waals surface area (Å²) in [7, 11) is 1.47. The van der Waals surface area contributed by atoms with Crippen molar-refractivity contribution in [1.29, 1.82) is 0 Å². The molecule has 0 radical (unpaired) electrons. The van der Waals surface area contributed by atoms with E-state index in [4.69, 9.17) is 4.74 Å². The van der Waals surface area contributed by atoms with Crippen LogP contribution >= 0.6 is 0 Å². The molecule has 1 unspecified atom stereocenters. The summed E-state index contributed by atoms with van der Waals surface area (Å²) < 4.78 is 5.03. The fraction of sp³-hybridized carbons (Fsp3) is 0.308. The van der Waals surface area contributed by atoms with Crippen LogP contribution in [0.15, 0.2) is 24.3 Å². The quantitative estimate of drug-likeness (QED) is 0.805. The highest BCUT2D eigenvalue weighted by molar-refractivity contribution is 6.06. The van der Waals surface area contributed by atoms with E-state index in [0.717, 1.165) is 4.90 Å². The Morgan fingerprint density at radius 2 is 2.16 bits per heavy atom. The Hall–Kier alpha value is -2.37. The molecule has 1 aliphatic heterocycles. The Morgan fingerprint density at radius 1 is 1.42 bits per heavy atom. The standard InChI is InChI=1S/C13H13NO5/c1-19-10-4-2-3-8(5-10)12(13(17)18)14-7-9(15)6-11(14)16/h2-5,12H,6-7H2,1H3,(H,17,18). The second-order valence-electron chi connectivity index (χ2n) is 4.25. The summed E-state index contributed by atoms with van der Waals surface area (Å²) in [6.45, 7) is -0.160. The highest BCUT2D eigenvalue weighted by Crippen LogP contribution is 2.27. The number of hydrogen-bond acceptors (Lipinski definition) is 4. The van der Waals surface area contributed by atoms with Crippen LogP contribution in [-0.4, -0.2) is 41.3 Å². The molecule has 6 heteroatoms. The number of hydrogen-bond donors (Lipinski definition) is 1. The van der Waals surface area contributed by atoms with E-state index in [1.807, 2.05) is 0 Å². The Balaban J connectivity index is 2.37. The molecule has 1 aromatic carbocycles. The van der Waals surface area contributed by atoms with Crippen LogP contribution in [0.4, 0.5) is 0 Å². The molecule has 0 spiro atoms. The van der Waals surface area contributed by atoms with Gasteiger partial charge in [0, 0.05) is 0 Å². The monoisotopic (exact) mass is 263 g/mol. The van der Waals surface area contributed by atoms with Crippen molar-refractivity contribution >= 4 is 17.7 Å². The molecular formula is C13H13NO5. The Kier molecular flexibility index (Phi) is 3.50. The summed E-state index contributed by atoms with van der Waals surface area (Å²) in [5, 5.41) is 9.31. The summed E-state index contributed by atoms with van der Waals surface area (Å²) in [6, 6.07) is 5.31. The molecule has 1 saturated heterocycles. The van der Waals surface area contributed by atoms with Crippen LogP contribution in [0.2, 0.25) is 0 Å². The molecule has 0 saturated carbocycles. The van der Waals surface area contributed by atoms with Gasteiger partial charge in [-0.3, -0.25) is 9.59 Å². The fourth-order valence-electron chi connectivity index (χ4n) is 2.11. The lowest BCUT2D eigenvalue weighted by Crippen LogP contribution is -2.35. The minimum absolute atomic E-state index is 0.160. The number of Topliss-reactive ketones (excluding diaryl/α,β-unsaturated/α-hetero) is 1. The van der Waals surface area contributed by atoms with Gasteiger partial charge in [0.2, 0.25) is 5.91 Å². The first-order chi connectivity index (χ1) is 9.02. The summed E-state index contributed by atoms with van der Waals surface area (Å²) >= 11 is 0. The van der Waals surface area contributed by atoms with Crippen molar-refractivity contribution in [2.24, 2.45) is 0 Å². The third-order valence-corrected chi connectivity index (χ3v) is 2.97. The number of amides is 1. The largest absolute Gasteiger partial charge is 0.497 e. The number of benzene rings is 1. The van der Waals surface area contributed by atoms with Gasteiger partial charge in [-0.05, 0) is 17.7 Å². The number of likely N-dealkylation sites (tertiary alicyclic amines) is 1. The van der Waals surface area contributed by atoms with Gasteiger partial charge >= 0.3 is 5.97 Å². The number of carbonyl (C=O) groups is 3. The van der Waals surface area contributed by atoms with Crippen molar-refractivity contribution in [1.82, 2.24) is 4.90 Å². The number of ether oxygens (including phenoxy) is 1. The van der Waals surface area contributed by atoms with Crippen molar-refractivity contribution in [2.45, 2.75) is 12.5 Å². The summed E-state index contributed by atoms with van der Waals surface area (Å²) in [4.78, 5) is 35.4. The van der Waals surface area contributed by atoms with Crippen LogP contribution in [0.5, 0.6) is 5.75 Å². The van der Waals surface area contributed by atoms with Crippen molar-refractivity contribution < 1.29 is 24.2 Å². The number of aliphatic carboxylic acids is 1. The van der Waals surface area contributed by atoms with Crippen molar-refractivity contribution in [2.75, 3.05) is 13.7 Å². The average molecular weight is 263 g/mol. The van der Waals surface area contributed by atoms with E-state index in [2.05, 4.69) is 0 Å². The highest BCUT2D eigenvalue weighted by atomic mass is 16.5. The number of methoxy groups -OCH3 is 1. The van der Waals surface area contributed by atoms with Gasteiger partial charge in [0.15, 0.2) is 11.8 Å². The number of carbonyl (C=O) groups excluding carboxylic acids is 2. The summed E-state index contributed by atoms with van der Waals surface area (Å²) in [6.07, 6.45) is -0.228. The first-order valence-corrected chi connectivity index (χ1v) is 5.71. The Morgan fingerprint density at radius 3 is 2.68 bits per heavy atom. The van der Waals surface area contributed by atoms with Crippen LogP contribution in [0.25, 0.3) is 0 Å². The molecule has 1 amide bonds. The van der Waals surface area contributed by atoms with E-state index >= 15 is 0 Å². The van der Waals surface area contributed by atoms with Gasteiger partial charge in [-0.1, -0.05) is 12.1 Å². The zero-order chi connectivity index (χ0) is 14.0. The first-order valence-electron chi connectivity index (χ1n) is 5.71. The number of rotatable bonds is 4. The van der Waals surface area contributed by atoms with Crippen molar-refractivity contribution in [3.05, 3.63) is 29.8 Å². The minimum Gasteiger partial charge on any atom is -0.497 e. The van der Waals surface area contributed by atoms with E-state index in [1.165, 1.54) is 7.11 Å². The molecule has 0 aliphatic carbocycles. The van der Waals surface area contributed by atoms with Crippen LogP contribution in [0.1, 0.15) is 18.0 Å². The topological polar surface area (TPSA) is 83.9 Å². The SMILES string of the molecule is COc1cccc(C(C(=O)O)N2CC(=O)CC2=O)c1. The molecular weight excluding hydrogens is 250 g/mol. The summed E-state index contributed by atoms with van der Waals surface area (Å²) in [5.41, 5.74) is 0.412. The summed E-state index contributed by atoms with van der Waals surface area (Å²) in [5.74, 6) is -1.39. The third kappa shape index (κ3) is 2.57. The second-order valence-corrected chi connectivity index (χ2v) is 4.25. The van der Waals surface area contributed by atoms with Crippen LogP contribution in [0.3, 0.4) is 0 Å². The van der Waals surface area contributed by atoms with Gasteiger partial charge in [0.25, 0.3) is 0 Å². The molecule has 1 heterocycles. The maximum atomic E-state index is 11.7. The van der Waals surface area contributed by atoms with Crippen LogP contribution in [-0.2, 0) is 14.4 Å². The molecule has 1 fully saturated rings. The van der Waals surface area contributed by atoms with E-state index in [1.54, 1.807) is 24.3 Å². The van der Waals surface area contributed by atoms with Gasteiger partial charge in [-0.25, -0.2) is 4.79 Å². The molecule has 100 valence electrons. The molecule has 2 rings (SSSR count). The zero-order valence-corrected chi connectivity index (χ0v) is 10.3. The molecule has 6 nitrogen and oxygen atoms in total. The molecule has 0 aromatic heterocycles. The van der Waals surface area contributed by atoms with E-state index in [9.17, 15) is 19.5 Å². The second kappa shape index (κ2) is 5.09. The predicted molar refractivity (Wildman–Crippen MR) is 64.7 cm³/mol. The Bertz CT molecular complexity index is 540. The van der Waals surface area contributed by atoms with E-state index in [-0.39, 0.29) is 18.7 Å². The molecule has 1 aliphatic rings. The zero-order valence-electron chi connectivity index (χ0n) is 10.3. The van der Waals surface area contributed by atoms with Crippen molar-refractivity contribution in [3.63, 3.8) is 0 Å². The van der Waals surface area contributed by atoms with E-state index in [0.29, 0.717) is 11.3 Å². The van der Waals surface area contributed by atoms with E-state index < -0.39 is 17.9 Å². The smallest absolute Gasteiger partial charge is 0.331 e. The maximum absolute atomic E-state index is 11.7. The number of carboxylic acids is 1. The third-order valence-electron chi connectivity index (χ3n) is 2.97. The van der Waals surface area contributed by atoms with Gasteiger partial charge in [-0.15, -0.1) is 0 Å².